The van der Waals surface area contributed by atoms with Crippen molar-refractivity contribution >= 4 is 21.5 Å². The number of hydrogen-bond donors (Lipinski definition) is 3. The highest BCUT2D eigenvalue weighted by atomic mass is 32.2. The van der Waals surface area contributed by atoms with Gasteiger partial charge in [0.15, 0.2) is 0 Å². The summed E-state index contributed by atoms with van der Waals surface area (Å²) < 4.78 is 24.8. The lowest BCUT2D eigenvalue weighted by Gasteiger charge is -2.25. The summed E-state index contributed by atoms with van der Waals surface area (Å²) in [5.41, 5.74) is 5.62. The van der Waals surface area contributed by atoms with E-state index in [1.54, 1.807) is 32.2 Å². The van der Waals surface area contributed by atoms with Crippen LogP contribution in [0.4, 0.5) is 11.5 Å². The summed E-state index contributed by atoms with van der Waals surface area (Å²) in [5.74, 6) is 0.619. The zero-order valence-corrected chi connectivity index (χ0v) is 11.0. The SMILES string of the molecule is CC(C)(CNc1cc(N)ccn1)NS(C)(=O)=O. The van der Waals surface area contributed by atoms with Gasteiger partial charge < -0.3 is 11.1 Å². The van der Waals surface area contributed by atoms with E-state index in [9.17, 15) is 8.42 Å². The van der Waals surface area contributed by atoms with Crippen LogP contribution in [0, 0.1) is 0 Å². The number of rotatable bonds is 5. The Morgan fingerprint density at radius 3 is 2.65 bits per heavy atom. The predicted octanol–water partition coefficient (Wildman–Crippen LogP) is 0.404. The average molecular weight is 258 g/mol. The molecule has 0 aromatic carbocycles. The van der Waals surface area contributed by atoms with Crippen molar-refractivity contribution in [1.82, 2.24) is 9.71 Å². The highest BCUT2D eigenvalue weighted by molar-refractivity contribution is 7.88. The lowest BCUT2D eigenvalue weighted by Crippen LogP contribution is -2.47. The van der Waals surface area contributed by atoms with E-state index in [2.05, 4.69) is 15.0 Å². The zero-order valence-electron chi connectivity index (χ0n) is 10.2. The van der Waals surface area contributed by atoms with Crippen LogP contribution in [0.1, 0.15) is 13.8 Å². The van der Waals surface area contributed by atoms with E-state index >= 15 is 0 Å². The third-order valence-corrected chi connectivity index (χ3v) is 2.88. The van der Waals surface area contributed by atoms with Crippen LogP contribution < -0.4 is 15.8 Å². The zero-order chi connectivity index (χ0) is 13.1. The maximum atomic E-state index is 11.1. The summed E-state index contributed by atoms with van der Waals surface area (Å²) in [6.45, 7) is 3.98. The normalized spacial score (nSPS) is 12.4. The van der Waals surface area contributed by atoms with E-state index < -0.39 is 15.6 Å². The Labute approximate surface area is 102 Å². The van der Waals surface area contributed by atoms with Crippen LogP contribution in [-0.4, -0.2) is 31.7 Å². The molecule has 0 fully saturated rings. The molecule has 7 heteroatoms. The number of aromatic nitrogens is 1. The van der Waals surface area contributed by atoms with Crippen molar-refractivity contribution in [2.45, 2.75) is 19.4 Å². The van der Waals surface area contributed by atoms with E-state index in [1.807, 2.05) is 0 Å². The monoisotopic (exact) mass is 258 g/mol. The minimum Gasteiger partial charge on any atom is -0.399 e. The number of pyridine rings is 1. The lowest BCUT2D eigenvalue weighted by molar-refractivity contribution is 0.476. The molecule has 1 heterocycles. The number of hydrogen-bond acceptors (Lipinski definition) is 5. The molecule has 0 saturated carbocycles. The molecule has 0 spiro atoms. The Bertz CT molecular complexity index is 485. The number of sulfonamides is 1. The predicted molar refractivity (Wildman–Crippen MR) is 69.2 cm³/mol. The number of nitrogens with two attached hydrogens (primary N) is 1. The summed E-state index contributed by atoms with van der Waals surface area (Å²) in [5, 5.41) is 3.03. The molecule has 0 unspecified atom stereocenters. The van der Waals surface area contributed by atoms with Crippen LogP contribution in [0.2, 0.25) is 0 Å². The van der Waals surface area contributed by atoms with Gasteiger partial charge in [0.1, 0.15) is 5.82 Å². The topological polar surface area (TPSA) is 97.1 Å². The Kier molecular flexibility index (Phi) is 3.94. The summed E-state index contributed by atoms with van der Waals surface area (Å²) in [4.78, 5) is 4.07. The summed E-state index contributed by atoms with van der Waals surface area (Å²) in [6.07, 6.45) is 2.72. The van der Waals surface area contributed by atoms with Crippen LogP contribution >= 0.6 is 0 Å². The standard InChI is InChI=1S/C10H18N4O2S/c1-10(2,14-17(3,15)16)7-13-9-6-8(11)4-5-12-9/h4-6,14H,7H2,1-3H3,(H3,11,12,13). The van der Waals surface area contributed by atoms with Gasteiger partial charge in [-0.1, -0.05) is 0 Å². The second-order valence-corrected chi connectivity index (χ2v) is 6.33. The first kappa shape index (κ1) is 13.7. The molecule has 0 aliphatic rings. The van der Waals surface area contributed by atoms with Crippen molar-refractivity contribution in [1.29, 1.82) is 0 Å². The molecule has 0 aliphatic carbocycles. The highest BCUT2D eigenvalue weighted by Crippen LogP contribution is 2.10. The minimum atomic E-state index is -3.23. The minimum absolute atomic E-state index is 0.413. The van der Waals surface area contributed by atoms with Gasteiger partial charge in [-0.3, -0.25) is 0 Å². The van der Waals surface area contributed by atoms with Gasteiger partial charge in [0, 0.05) is 30.0 Å². The summed E-state index contributed by atoms with van der Waals surface area (Å²) >= 11 is 0. The van der Waals surface area contributed by atoms with E-state index in [4.69, 9.17) is 5.73 Å². The van der Waals surface area contributed by atoms with Crippen molar-refractivity contribution in [3.8, 4) is 0 Å². The van der Waals surface area contributed by atoms with Crippen molar-refractivity contribution in [2.75, 3.05) is 23.9 Å². The molecular formula is C10H18N4O2S. The molecule has 1 aromatic heterocycles. The second-order valence-electron chi connectivity index (χ2n) is 4.59. The van der Waals surface area contributed by atoms with E-state index in [0.717, 1.165) is 6.26 Å². The third kappa shape index (κ3) is 5.50. The Balaban J connectivity index is 2.61. The fourth-order valence-corrected chi connectivity index (χ4v) is 2.47. The summed E-state index contributed by atoms with van der Waals surface area (Å²) in [7, 11) is -3.23. The Morgan fingerprint density at radius 1 is 1.47 bits per heavy atom. The molecule has 6 nitrogen and oxygen atoms in total. The molecule has 17 heavy (non-hydrogen) atoms. The molecule has 1 rings (SSSR count). The highest BCUT2D eigenvalue weighted by Gasteiger charge is 2.21. The van der Waals surface area contributed by atoms with Crippen LogP contribution in [-0.2, 0) is 10.0 Å². The molecule has 96 valence electrons. The fourth-order valence-electron chi connectivity index (χ4n) is 1.39. The largest absolute Gasteiger partial charge is 0.399 e. The molecule has 0 radical (unpaired) electrons. The van der Waals surface area contributed by atoms with E-state index in [-0.39, 0.29) is 0 Å². The maximum Gasteiger partial charge on any atom is 0.209 e. The molecule has 0 amide bonds. The van der Waals surface area contributed by atoms with Crippen molar-refractivity contribution in [2.24, 2.45) is 0 Å². The number of nitrogens with one attached hydrogen (secondary N) is 2. The molecule has 0 aliphatic heterocycles. The van der Waals surface area contributed by atoms with Crippen LogP contribution in [0.25, 0.3) is 0 Å². The first-order valence-electron chi connectivity index (χ1n) is 5.12. The van der Waals surface area contributed by atoms with Gasteiger partial charge in [-0.05, 0) is 19.9 Å². The van der Waals surface area contributed by atoms with E-state index in [1.165, 1.54) is 0 Å². The molecular weight excluding hydrogens is 240 g/mol. The van der Waals surface area contributed by atoms with Crippen molar-refractivity contribution < 1.29 is 8.42 Å². The average Bonchev–Trinajstić information content (AvgIpc) is 2.11. The maximum absolute atomic E-state index is 11.1. The number of anilines is 2. The lowest BCUT2D eigenvalue weighted by atomic mass is 10.1. The number of nitrogen functional groups attached to an aromatic ring is 1. The van der Waals surface area contributed by atoms with E-state index in [0.29, 0.717) is 18.1 Å². The Hall–Kier alpha value is -1.34. The third-order valence-electron chi connectivity index (χ3n) is 1.96. The molecule has 0 atom stereocenters. The van der Waals surface area contributed by atoms with Crippen LogP contribution in [0.3, 0.4) is 0 Å². The smallest absolute Gasteiger partial charge is 0.209 e. The molecule has 0 saturated heterocycles. The van der Waals surface area contributed by atoms with Crippen LogP contribution in [0.15, 0.2) is 18.3 Å². The van der Waals surface area contributed by atoms with Gasteiger partial charge in [0.05, 0.1) is 6.26 Å². The van der Waals surface area contributed by atoms with Gasteiger partial charge in [0.25, 0.3) is 0 Å². The van der Waals surface area contributed by atoms with Gasteiger partial charge in [-0.2, -0.15) is 0 Å². The number of nitrogens with zero attached hydrogens (tertiary/aromatic N) is 1. The fraction of sp³-hybridized carbons (Fsp3) is 0.500. The molecule has 1 aromatic rings. The summed E-state index contributed by atoms with van der Waals surface area (Å²) in [6, 6.07) is 3.38. The quantitative estimate of drug-likeness (QED) is 0.710. The first-order valence-corrected chi connectivity index (χ1v) is 7.01. The van der Waals surface area contributed by atoms with Gasteiger partial charge in [-0.25, -0.2) is 18.1 Å². The molecule has 0 bridgehead atoms. The molecule has 4 N–H and O–H groups in total. The van der Waals surface area contributed by atoms with Gasteiger partial charge in [-0.15, -0.1) is 0 Å². The van der Waals surface area contributed by atoms with Crippen molar-refractivity contribution in [3.63, 3.8) is 0 Å². The van der Waals surface area contributed by atoms with Gasteiger partial charge in [0.2, 0.25) is 10.0 Å². The van der Waals surface area contributed by atoms with Crippen molar-refractivity contribution in [3.05, 3.63) is 18.3 Å². The Morgan fingerprint density at radius 2 is 2.12 bits per heavy atom. The van der Waals surface area contributed by atoms with Crippen LogP contribution in [0.5, 0.6) is 0 Å². The second kappa shape index (κ2) is 4.89. The first-order chi connectivity index (χ1) is 7.68. The van der Waals surface area contributed by atoms with Gasteiger partial charge >= 0.3 is 0 Å².